The van der Waals surface area contributed by atoms with Crippen molar-refractivity contribution < 1.29 is 0 Å². The lowest BCUT2D eigenvalue weighted by atomic mass is 9.98. The molecule has 2 aliphatic rings. The SMILES string of the molecule is CCC(C(=N)N)N1CCN2CCCCC2C1. The Kier molecular flexibility index (Phi) is 3.82. The zero-order valence-electron chi connectivity index (χ0n) is 10.3. The van der Waals surface area contributed by atoms with Crippen LogP contribution in [0.3, 0.4) is 0 Å². The predicted molar refractivity (Wildman–Crippen MR) is 66.8 cm³/mol. The van der Waals surface area contributed by atoms with E-state index in [0.29, 0.717) is 5.84 Å². The van der Waals surface area contributed by atoms with Crippen LogP contribution >= 0.6 is 0 Å². The highest BCUT2D eigenvalue weighted by atomic mass is 15.3. The first-order chi connectivity index (χ1) is 7.72. The maximum atomic E-state index is 7.64. The first kappa shape index (κ1) is 11.9. The molecule has 2 fully saturated rings. The van der Waals surface area contributed by atoms with Gasteiger partial charge in [0.05, 0.1) is 6.04 Å². The Morgan fingerprint density at radius 3 is 2.88 bits per heavy atom. The Bertz CT molecular complexity index is 253. The molecule has 2 aliphatic heterocycles. The second-order valence-corrected chi connectivity index (χ2v) is 5.06. The van der Waals surface area contributed by atoms with Crippen LogP contribution in [-0.2, 0) is 0 Å². The topological polar surface area (TPSA) is 56.4 Å². The molecular formula is C12H24N4. The fourth-order valence-electron chi connectivity index (χ4n) is 3.14. The molecule has 0 aromatic rings. The number of rotatable bonds is 3. The molecule has 4 nitrogen and oxygen atoms in total. The third-order valence-electron chi connectivity index (χ3n) is 4.06. The molecule has 0 aromatic heterocycles. The minimum absolute atomic E-state index is 0.170. The van der Waals surface area contributed by atoms with Crippen LogP contribution < -0.4 is 5.73 Å². The van der Waals surface area contributed by atoms with Crippen LogP contribution in [0.15, 0.2) is 0 Å². The van der Waals surface area contributed by atoms with Crippen molar-refractivity contribution in [1.29, 1.82) is 5.41 Å². The van der Waals surface area contributed by atoms with Crippen molar-refractivity contribution in [2.24, 2.45) is 5.73 Å². The molecule has 3 N–H and O–H groups in total. The average molecular weight is 224 g/mol. The van der Waals surface area contributed by atoms with E-state index in [1.165, 1.54) is 25.8 Å². The van der Waals surface area contributed by atoms with E-state index in [0.717, 1.165) is 32.1 Å². The summed E-state index contributed by atoms with van der Waals surface area (Å²) in [6.45, 7) is 6.75. The number of piperazine rings is 1. The summed E-state index contributed by atoms with van der Waals surface area (Å²) in [5, 5.41) is 7.64. The molecule has 2 heterocycles. The molecule has 2 atom stereocenters. The highest BCUT2D eigenvalue weighted by molar-refractivity contribution is 5.82. The summed E-state index contributed by atoms with van der Waals surface area (Å²) in [6, 6.07) is 0.889. The molecule has 2 unspecified atom stereocenters. The fraction of sp³-hybridized carbons (Fsp3) is 0.917. The van der Waals surface area contributed by atoms with Gasteiger partial charge in [0.15, 0.2) is 0 Å². The number of nitrogens with zero attached hydrogens (tertiary/aromatic N) is 2. The van der Waals surface area contributed by atoms with Crippen LogP contribution in [-0.4, -0.2) is 53.9 Å². The second kappa shape index (κ2) is 5.15. The number of hydrogen-bond donors (Lipinski definition) is 2. The number of nitrogens with two attached hydrogens (primary N) is 1. The Balaban J connectivity index is 1.95. The quantitative estimate of drug-likeness (QED) is 0.552. The van der Waals surface area contributed by atoms with Gasteiger partial charge in [-0.15, -0.1) is 0 Å². The van der Waals surface area contributed by atoms with Crippen LogP contribution in [0.5, 0.6) is 0 Å². The van der Waals surface area contributed by atoms with Crippen molar-refractivity contribution in [3.05, 3.63) is 0 Å². The first-order valence-electron chi connectivity index (χ1n) is 6.54. The van der Waals surface area contributed by atoms with Crippen LogP contribution in [0.1, 0.15) is 32.6 Å². The summed E-state index contributed by atoms with van der Waals surface area (Å²) in [5.74, 6) is 0.340. The molecule has 2 rings (SSSR count). The zero-order chi connectivity index (χ0) is 11.5. The Labute approximate surface area is 98.3 Å². The molecule has 0 spiro atoms. The third-order valence-corrected chi connectivity index (χ3v) is 4.06. The van der Waals surface area contributed by atoms with Gasteiger partial charge in [0.25, 0.3) is 0 Å². The maximum Gasteiger partial charge on any atom is 0.108 e. The standard InChI is InChI=1S/C12H24N4/c1-2-11(12(13)14)16-8-7-15-6-4-3-5-10(15)9-16/h10-11H,2-9H2,1H3,(H3,13,14). The summed E-state index contributed by atoms with van der Waals surface area (Å²) in [6.07, 6.45) is 5.01. The van der Waals surface area contributed by atoms with Crippen LogP contribution in [0.4, 0.5) is 0 Å². The molecule has 92 valence electrons. The largest absolute Gasteiger partial charge is 0.386 e. The molecule has 0 radical (unpaired) electrons. The lowest BCUT2D eigenvalue weighted by Gasteiger charge is -2.46. The van der Waals surface area contributed by atoms with E-state index in [1.54, 1.807) is 0 Å². The van der Waals surface area contributed by atoms with E-state index in [4.69, 9.17) is 11.1 Å². The van der Waals surface area contributed by atoms with Gasteiger partial charge in [-0.2, -0.15) is 0 Å². The minimum atomic E-state index is 0.170. The van der Waals surface area contributed by atoms with Gasteiger partial charge in [0.1, 0.15) is 5.84 Å². The van der Waals surface area contributed by atoms with Crippen molar-refractivity contribution in [3.63, 3.8) is 0 Å². The van der Waals surface area contributed by atoms with E-state index < -0.39 is 0 Å². The van der Waals surface area contributed by atoms with E-state index in [1.807, 2.05) is 0 Å². The normalized spacial score (nSPS) is 29.7. The lowest BCUT2D eigenvalue weighted by molar-refractivity contribution is 0.0393. The van der Waals surface area contributed by atoms with E-state index >= 15 is 0 Å². The Morgan fingerprint density at radius 2 is 2.19 bits per heavy atom. The van der Waals surface area contributed by atoms with Crippen molar-refractivity contribution in [3.8, 4) is 0 Å². The van der Waals surface area contributed by atoms with Gasteiger partial charge in [-0.25, -0.2) is 0 Å². The van der Waals surface area contributed by atoms with Crippen molar-refractivity contribution in [1.82, 2.24) is 9.80 Å². The fourth-order valence-corrected chi connectivity index (χ4v) is 3.14. The van der Waals surface area contributed by atoms with Gasteiger partial charge in [-0.05, 0) is 25.8 Å². The molecule has 0 aliphatic carbocycles. The monoisotopic (exact) mass is 224 g/mol. The number of piperidine rings is 1. The lowest BCUT2D eigenvalue weighted by Crippen LogP contribution is -2.59. The molecule has 0 amide bonds. The smallest absolute Gasteiger partial charge is 0.108 e. The number of fused-ring (bicyclic) bond motifs is 1. The number of amidine groups is 1. The number of hydrogen-bond acceptors (Lipinski definition) is 3. The van der Waals surface area contributed by atoms with Gasteiger partial charge in [-0.3, -0.25) is 15.2 Å². The summed E-state index contributed by atoms with van der Waals surface area (Å²) in [7, 11) is 0. The van der Waals surface area contributed by atoms with Crippen LogP contribution in [0.25, 0.3) is 0 Å². The first-order valence-corrected chi connectivity index (χ1v) is 6.54. The second-order valence-electron chi connectivity index (χ2n) is 5.06. The van der Waals surface area contributed by atoms with E-state index in [2.05, 4.69) is 16.7 Å². The molecule has 0 aromatic carbocycles. The van der Waals surface area contributed by atoms with Crippen LogP contribution in [0.2, 0.25) is 0 Å². The predicted octanol–water partition coefficient (Wildman–Crippen LogP) is 0.871. The summed E-state index contributed by atoms with van der Waals surface area (Å²) in [4.78, 5) is 5.03. The maximum absolute atomic E-state index is 7.64. The highest BCUT2D eigenvalue weighted by Crippen LogP contribution is 2.22. The summed E-state index contributed by atoms with van der Waals surface area (Å²) >= 11 is 0. The van der Waals surface area contributed by atoms with Gasteiger partial charge in [0, 0.05) is 25.7 Å². The third kappa shape index (κ3) is 2.38. The average Bonchev–Trinajstić information content (AvgIpc) is 2.29. The highest BCUT2D eigenvalue weighted by Gasteiger charge is 2.32. The summed E-state index contributed by atoms with van der Waals surface area (Å²) < 4.78 is 0. The molecule has 16 heavy (non-hydrogen) atoms. The minimum Gasteiger partial charge on any atom is -0.386 e. The van der Waals surface area contributed by atoms with Gasteiger partial charge < -0.3 is 5.73 Å². The molecule has 2 saturated heterocycles. The van der Waals surface area contributed by atoms with E-state index in [-0.39, 0.29) is 6.04 Å². The molecule has 0 bridgehead atoms. The zero-order valence-corrected chi connectivity index (χ0v) is 10.3. The Hall–Kier alpha value is -0.610. The molecule has 4 heteroatoms. The Morgan fingerprint density at radius 1 is 1.38 bits per heavy atom. The van der Waals surface area contributed by atoms with Crippen LogP contribution in [0, 0.1) is 5.41 Å². The molecule has 0 saturated carbocycles. The van der Waals surface area contributed by atoms with Gasteiger partial charge >= 0.3 is 0 Å². The van der Waals surface area contributed by atoms with Crippen molar-refractivity contribution in [2.45, 2.75) is 44.7 Å². The van der Waals surface area contributed by atoms with Gasteiger partial charge in [0.2, 0.25) is 0 Å². The summed E-state index contributed by atoms with van der Waals surface area (Å²) in [5.41, 5.74) is 5.67. The van der Waals surface area contributed by atoms with E-state index in [9.17, 15) is 0 Å². The number of nitrogens with one attached hydrogen (secondary N) is 1. The molecular weight excluding hydrogens is 200 g/mol. The van der Waals surface area contributed by atoms with Gasteiger partial charge in [-0.1, -0.05) is 13.3 Å². The van der Waals surface area contributed by atoms with Crippen molar-refractivity contribution >= 4 is 5.84 Å². The van der Waals surface area contributed by atoms with Crippen molar-refractivity contribution in [2.75, 3.05) is 26.2 Å².